The number of Topliss-reactive ketones (excluding diaryl/α,β-unsaturated/α-hetero) is 1. The monoisotopic (exact) mass is 364 g/mol. The first kappa shape index (κ1) is 16.4. The quantitative estimate of drug-likeness (QED) is 0.659. The third-order valence-electron chi connectivity index (χ3n) is 4.22. The van der Waals surface area contributed by atoms with Crippen LogP contribution in [0.15, 0.2) is 58.6 Å². The molecule has 1 aliphatic rings. The van der Waals surface area contributed by atoms with Gasteiger partial charge in [-0.05, 0) is 55.0 Å². The maximum atomic E-state index is 12.7. The molecule has 1 aromatic carbocycles. The van der Waals surface area contributed by atoms with Crippen LogP contribution in [0.5, 0.6) is 0 Å². The fourth-order valence-electron chi connectivity index (χ4n) is 2.79. The summed E-state index contributed by atoms with van der Waals surface area (Å²) in [5.74, 6) is 0.0347. The predicted octanol–water partition coefficient (Wildman–Crippen LogP) is 1.39. The normalized spacial score (nSPS) is 14.0. The summed E-state index contributed by atoms with van der Waals surface area (Å²) in [6.45, 7) is 2.47. The summed E-state index contributed by atoms with van der Waals surface area (Å²) in [6.07, 6.45) is 5.27. The third-order valence-corrected chi connectivity index (χ3v) is 5.26. The molecule has 0 bridgehead atoms. The van der Waals surface area contributed by atoms with E-state index in [1.807, 2.05) is 35.2 Å². The molecule has 0 N–H and O–H groups in total. The molecule has 0 saturated carbocycles. The summed E-state index contributed by atoms with van der Waals surface area (Å²) in [4.78, 5) is 35.4. The Kier molecular flexibility index (Phi) is 4.22. The van der Waals surface area contributed by atoms with Crippen molar-refractivity contribution in [3.63, 3.8) is 0 Å². The van der Waals surface area contributed by atoms with E-state index in [0.717, 1.165) is 16.1 Å². The van der Waals surface area contributed by atoms with Crippen molar-refractivity contribution in [1.82, 2.24) is 9.55 Å². The first-order valence-corrected chi connectivity index (χ1v) is 8.95. The molecule has 6 nitrogen and oxygen atoms in total. The molecule has 0 atom stereocenters. The largest absolute Gasteiger partial charge is 0.334 e. The van der Waals surface area contributed by atoms with Gasteiger partial charge < -0.3 is 4.90 Å². The van der Waals surface area contributed by atoms with E-state index in [-0.39, 0.29) is 11.3 Å². The van der Waals surface area contributed by atoms with Gasteiger partial charge in [0.1, 0.15) is 13.3 Å². The number of rotatable bonds is 3. The Labute approximate surface area is 153 Å². The van der Waals surface area contributed by atoms with E-state index in [1.54, 1.807) is 36.0 Å². The van der Waals surface area contributed by atoms with Crippen molar-refractivity contribution < 1.29 is 4.79 Å². The van der Waals surface area contributed by atoms with Gasteiger partial charge in [0.2, 0.25) is 0 Å². The Bertz CT molecular complexity index is 1130. The van der Waals surface area contributed by atoms with E-state index in [1.165, 1.54) is 11.3 Å². The molecule has 0 unspecified atom stereocenters. The number of benzene rings is 1. The molecule has 0 radical (unpaired) electrons. The number of thiazole rings is 1. The van der Waals surface area contributed by atoms with Crippen molar-refractivity contribution in [1.29, 1.82) is 0 Å². The fraction of sp³-hybridized carbons (Fsp3) is 0.158. The van der Waals surface area contributed by atoms with Gasteiger partial charge in [-0.25, -0.2) is 4.99 Å². The average Bonchev–Trinajstić information content (AvgIpc) is 2.98. The van der Waals surface area contributed by atoms with E-state index >= 15 is 0 Å². The number of carbonyl (C=O) groups excluding carboxylic acids is 1. The molecule has 2 aromatic heterocycles. The highest BCUT2D eigenvalue weighted by Gasteiger charge is 2.16. The predicted molar refractivity (Wildman–Crippen MR) is 101 cm³/mol. The highest BCUT2D eigenvalue weighted by Crippen LogP contribution is 2.17. The van der Waals surface area contributed by atoms with Crippen LogP contribution in [-0.4, -0.2) is 22.0 Å². The lowest BCUT2D eigenvalue weighted by atomic mass is 10.1. The zero-order valence-corrected chi connectivity index (χ0v) is 14.9. The van der Waals surface area contributed by atoms with Crippen LogP contribution in [0.25, 0.3) is 6.08 Å². The van der Waals surface area contributed by atoms with Crippen LogP contribution in [0.2, 0.25) is 0 Å². The lowest BCUT2D eigenvalue weighted by Crippen LogP contribution is -2.42. The van der Waals surface area contributed by atoms with Gasteiger partial charge in [0.25, 0.3) is 5.56 Å². The average molecular weight is 364 g/mol. The molecule has 130 valence electrons. The Hall–Kier alpha value is -3.06. The van der Waals surface area contributed by atoms with Gasteiger partial charge in [0.05, 0.1) is 4.53 Å². The van der Waals surface area contributed by atoms with Crippen molar-refractivity contribution in [3.05, 3.63) is 79.6 Å². The second-order valence-corrected chi connectivity index (χ2v) is 7.00. The fourth-order valence-corrected chi connectivity index (χ4v) is 3.76. The van der Waals surface area contributed by atoms with Gasteiger partial charge in [0.15, 0.2) is 10.6 Å². The maximum Gasteiger partial charge on any atom is 0.271 e. The highest BCUT2D eigenvalue weighted by atomic mass is 32.1. The molecular weight excluding hydrogens is 348 g/mol. The molecule has 0 spiro atoms. The van der Waals surface area contributed by atoms with Crippen LogP contribution in [0.4, 0.5) is 5.69 Å². The summed E-state index contributed by atoms with van der Waals surface area (Å²) in [5.41, 5.74) is 2.50. The topological polar surface area (TPSA) is 67.6 Å². The van der Waals surface area contributed by atoms with Crippen LogP contribution in [-0.2, 0) is 6.67 Å². The van der Waals surface area contributed by atoms with Gasteiger partial charge in [-0.3, -0.25) is 19.1 Å². The van der Waals surface area contributed by atoms with Crippen molar-refractivity contribution in [2.45, 2.75) is 13.6 Å². The number of nitrogens with zero attached hydrogens (tertiary/aromatic N) is 4. The van der Waals surface area contributed by atoms with Crippen molar-refractivity contribution in [2.75, 3.05) is 11.6 Å². The SMILES string of the molecule is CC(=O)c1ccc(N2CN=c3s/c(=C\c4ccncc4)c(=O)n3C2)cc1. The van der Waals surface area contributed by atoms with Gasteiger partial charge in [-0.2, -0.15) is 0 Å². The molecule has 3 aromatic rings. The summed E-state index contributed by atoms with van der Waals surface area (Å²) < 4.78 is 2.34. The lowest BCUT2D eigenvalue weighted by molar-refractivity contribution is 0.101. The molecule has 0 saturated heterocycles. The number of pyridine rings is 1. The van der Waals surface area contributed by atoms with Gasteiger partial charge in [0, 0.05) is 23.6 Å². The lowest BCUT2D eigenvalue weighted by Gasteiger charge is -2.25. The van der Waals surface area contributed by atoms with Crippen molar-refractivity contribution in [3.8, 4) is 0 Å². The Morgan fingerprint density at radius 2 is 1.88 bits per heavy atom. The summed E-state index contributed by atoms with van der Waals surface area (Å²) in [6, 6.07) is 11.1. The summed E-state index contributed by atoms with van der Waals surface area (Å²) in [7, 11) is 0. The standard InChI is InChI=1S/C19H16N4O2S/c1-13(24)15-2-4-16(5-3-15)22-11-21-19-23(12-22)18(25)17(26-19)10-14-6-8-20-9-7-14/h2-10H,11-12H2,1H3/b17-10-. The number of fused-ring (bicyclic) bond motifs is 1. The van der Waals surface area contributed by atoms with Crippen molar-refractivity contribution >= 4 is 28.9 Å². The molecular formula is C19H16N4O2S. The van der Waals surface area contributed by atoms with E-state index in [9.17, 15) is 9.59 Å². The first-order chi connectivity index (χ1) is 12.6. The Morgan fingerprint density at radius 3 is 2.58 bits per heavy atom. The van der Waals surface area contributed by atoms with E-state index in [4.69, 9.17) is 0 Å². The third kappa shape index (κ3) is 3.09. The second kappa shape index (κ2) is 6.68. The number of ketones is 1. The molecule has 1 aliphatic heterocycles. The minimum Gasteiger partial charge on any atom is -0.334 e. The maximum absolute atomic E-state index is 12.7. The molecule has 26 heavy (non-hydrogen) atoms. The van der Waals surface area contributed by atoms with Crippen LogP contribution in [0.3, 0.4) is 0 Å². The number of aromatic nitrogens is 2. The van der Waals surface area contributed by atoms with Crippen LogP contribution in [0.1, 0.15) is 22.8 Å². The molecule has 0 aliphatic carbocycles. The number of anilines is 1. The molecule has 0 amide bonds. The van der Waals surface area contributed by atoms with Crippen molar-refractivity contribution in [2.24, 2.45) is 4.99 Å². The van der Waals surface area contributed by atoms with E-state index < -0.39 is 0 Å². The van der Waals surface area contributed by atoms with Gasteiger partial charge in [-0.15, -0.1) is 0 Å². The zero-order valence-electron chi connectivity index (χ0n) is 14.1. The highest BCUT2D eigenvalue weighted by molar-refractivity contribution is 7.07. The van der Waals surface area contributed by atoms with Crippen LogP contribution < -0.4 is 19.8 Å². The number of hydrogen-bond acceptors (Lipinski definition) is 6. The minimum absolute atomic E-state index is 0.0347. The summed E-state index contributed by atoms with van der Waals surface area (Å²) >= 11 is 1.40. The van der Waals surface area contributed by atoms with Crippen LogP contribution >= 0.6 is 11.3 Å². The second-order valence-electron chi connectivity index (χ2n) is 5.99. The molecule has 0 fully saturated rings. The van der Waals surface area contributed by atoms with Gasteiger partial charge >= 0.3 is 0 Å². The summed E-state index contributed by atoms with van der Waals surface area (Å²) in [5, 5.41) is 0. The first-order valence-electron chi connectivity index (χ1n) is 8.13. The molecule has 7 heteroatoms. The van der Waals surface area contributed by atoms with Gasteiger partial charge in [-0.1, -0.05) is 11.3 Å². The number of hydrogen-bond donors (Lipinski definition) is 0. The molecule has 3 heterocycles. The number of carbonyl (C=O) groups is 1. The minimum atomic E-state index is -0.0457. The van der Waals surface area contributed by atoms with E-state index in [2.05, 4.69) is 9.98 Å². The van der Waals surface area contributed by atoms with Crippen LogP contribution in [0, 0.1) is 0 Å². The Morgan fingerprint density at radius 1 is 1.15 bits per heavy atom. The Balaban J connectivity index is 1.66. The molecule has 4 rings (SSSR count). The van der Waals surface area contributed by atoms with E-state index in [0.29, 0.717) is 23.4 Å². The zero-order chi connectivity index (χ0) is 18.1. The smallest absolute Gasteiger partial charge is 0.271 e.